The zero-order chi connectivity index (χ0) is 17.7. The Bertz CT molecular complexity index is 516. The predicted octanol–water partition coefficient (Wildman–Crippen LogP) is 2.96. The van der Waals surface area contributed by atoms with Crippen LogP contribution in [0.15, 0.2) is 24.3 Å². The van der Waals surface area contributed by atoms with E-state index in [1.54, 1.807) is 13.8 Å². The third-order valence-electron chi connectivity index (χ3n) is 3.60. The highest BCUT2D eigenvalue weighted by molar-refractivity contribution is 5.67. The summed E-state index contributed by atoms with van der Waals surface area (Å²) in [6, 6.07) is 7.84. The van der Waals surface area contributed by atoms with E-state index in [1.165, 1.54) is 0 Å². The monoisotopic (exact) mass is 322 g/mol. The lowest BCUT2D eigenvalue weighted by molar-refractivity contribution is 0.0437. The molecule has 0 saturated carbocycles. The summed E-state index contributed by atoms with van der Waals surface area (Å²) in [5.74, 6) is 0. The molecule has 0 saturated heterocycles. The van der Waals surface area contributed by atoms with Crippen LogP contribution >= 0.6 is 0 Å². The van der Waals surface area contributed by atoms with E-state index in [0.29, 0.717) is 13.1 Å². The van der Waals surface area contributed by atoms with E-state index in [1.807, 2.05) is 52.0 Å². The summed E-state index contributed by atoms with van der Waals surface area (Å²) in [6.45, 7) is 12.0. The molecule has 1 rings (SSSR count). The van der Waals surface area contributed by atoms with Crippen molar-refractivity contribution in [3.8, 4) is 0 Å². The number of ether oxygens (including phenoxy) is 1. The van der Waals surface area contributed by atoms with Gasteiger partial charge in [-0.25, -0.2) is 4.79 Å². The van der Waals surface area contributed by atoms with Crippen molar-refractivity contribution in [2.45, 2.75) is 71.9 Å². The summed E-state index contributed by atoms with van der Waals surface area (Å²) < 4.78 is 5.24. The van der Waals surface area contributed by atoms with E-state index in [0.717, 1.165) is 11.1 Å². The minimum atomic E-state index is -0.788. The van der Waals surface area contributed by atoms with Gasteiger partial charge in [0.1, 0.15) is 5.60 Å². The molecule has 0 spiro atoms. The Hall–Kier alpha value is -1.59. The third kappa shape index (κ3) is 7.48. The number of hydrogen-bond donors (Lipinski definition) is 3. The lowest BCUT2D eigenvalue weighted by atomic mass is 10.00. The molecule has 0 aliphatic rings. The summed E-state index contributed by atoms with van der Waals surface area (Å²) >= 11 is 0. The van der Waals surface area contributed by atoms with E-state index < -0.39 is 17.3 Å². The van der Waals surface area contributed by atoms with Crippen LogP contribution in [0.3, 0.4) is 0 Å². The maximum atomic E-state index is 11.8. The van der Waals surface area contributed by atoms with Gasteiger partial charge in [0, 0.05) is 19.1 Å². The normalized spacial score (nSPS) is 13.5. The smallest absolute Gasteiger partial charge is 0.407 e. The fourth-order valence-electron chi connectivity index (χ4n) is 1.90. The van der Waals surface area contributed by atoms with E-state index >= 15 is 0 Å². The maximum Gasteiger partial charge on any atom is 0.407 e. The molecule has 1 amide bonds. The highest BCUT2D eigenvalue weighted by Gasteiger charge is 2.21. The number of alkyl carbamates (subject to hydrolysis) is 1. The molecule has 0 aromatic heterocycles. The van der Waals surface area contributed by atoms with Crippen molar-refractivity contribution >= 4 is 6.09 Å². The Labute approximate surface area is 139 Å². The topological polar surface area (TPSA) is 70.6 Å². The van der Waals surface area contributed by atoms with Crippen molar-refractivity contribution in [2.75, 3.05) is 0 Å². The fraction of sp³-hybridized carbons (Fsp3) is 0.611. The number of amides is 1. The molecule has 1 unspecified atom stereocenters. The Kier molecular flexibility index (Phi) is 6.59. The number of nitrogens with one attached hydrogen (secondary N) is 2. The van der Waals surface area contributed by atoms with Gasteiger partial charge >= 0.3 is 6.09 Å². The second-order valence-corrected chi connectivity index (χ2v) is 7.38. The van der Waals surface area contributed by atoms with Crippen molar-refractivity contribution in [3.63, 3.8) is 0 Å². The van der Waals surface area contributed by atoms with Crippen molar-refractivity contribution in [3.05, 3.63) is 35.4 Å². The molecule has 0 radical (unpaired) electrons. The Morgan fingerprint density at radius 1 is 1.13 bits per heavy atom. The minimum absolute atomic E-state index is 0.0469. The number of carbonyl (C=O) groups excluding carboxylic acids is 1. The van der Waals surface area contributed by atoms with Crippen molar-refractivity contribution in [1.29, 1.82) is 0 Å². The molecule has 1 aromatic rings. The van der Waals surface area contributed by atoms with E-state index in [-0.39, 0.29) is 6.04 Å². The summed E-state index contributed by atoms with van der Waals surface area (Å²) in [5.41, 5.74) is 0.810. The second-order valence-electron chi connectivity index (χ2n) is 7.38. The van der Waals surface area contributed by atoms with Crippen LogP contribution in [0.1, 0.15) is 52.7 Å². The first-order chi connectivity index (χ1) is 10.5. The van der Waals surface area contributed by atoms with Crippen LogP contribution in [0.5, 0.6) is 0 Å². The van der Waals surface area contributed by atoms with Gasteiger partial charge in [0.2, 0.25) is 0 Å². The van der Waals surface area contributed by atoms with Crippen molar-refractivity contribution in [2.24, 2.45) is 0 Å². The Morgan fingerprint density at radius 2 is 1.65 bits per heavy atom. The fourth-order valence-corrected chi connectivity index (χ4v) is 1.90. The van der Waals surface area contributed by atoms with E-state index in [4.69, 9.17) is 4.74 Å². The molecule has 0 fully saturated rings. The maximum absolute atomic E-state index is 11.8. The highest BCUT2D eigenvalue weighted by Crippen LogP contribution is 2.13. The molecular formula is C18H30N2O3. The molecular weight excluding hydrogens is 292 g/mol. The quantitative estimate of drug-likeness (QED) is 0.753. The molecule has 130 valence electrons. The minimum Gasteiger partial charge on any atom is -0.444 e. The molecule has 0 aliphatic heterocycles. The molecule has 5 heteroatoms. The lowest BCUT2D eigenvalue weighted by Crippen LogP contribution is -2.44. The first-order valence-corrected chi connectivity index (χ1v) is 7.98. The van der Waals surface area contributed by atoms with E-state index in [2.05, 4.69) is 10.6 Å². The van der Waals surface area contributed by atoms with Gasteiger partial charge in [0.05, 0.1) is 5.60 Å². The number of hydrogen-bond acceptors (Lipinski definition) is 4. The Morgan fingerprint density at radius 3 is 2.13 bits per heavy atom. The summed E-state index contributed by atoms with van der Waals surface area (Å²) in [7, 11) is 0. The second kappa shape index (κ2) is 7.79. The number of rotatable bonds is 6. The van der Waals surface area contributed by atoms with E-state index in [9.17, 15) is 9.90 Å². The van der Waals surface area contributed by atoms with Crippen LogP contribution in [0.2, 0.25) is 0 Å². The molecule has 3 N–H and O–H groups in total. The first kappa shape index (κ1) is 19.5. The molecule has 0 aliphatic carbocycles. The van der Waals surface area contributed by atoms with Gasteiger partial charge in [-0.2, -0.15) is 0 Å². The number of carbonyl (C=O) groups is 1. The largest absolute Gasteiger partial charge is 0.444 e. The van der Waals surface area contributed by atoms with Crippen LogP contribution < -0.4 is 10.6 Å². The third-order valence-corrected chi connectivity index (χ3v) is 3.60. The van der Waals surface area contributed by atoms with Crippen molar-refractivity contribution < 1.29 is 14.6 Å². The molecule has 23 heavy (non-hydrogen) atoms. The molecule has 1 atom stereocenters. The lowest BCUT2D eigenvalue weighted by Gasteiger charge is -2.27. The van der Waals surface area contributed by atoms with Crippen LogP contribution in [0, 0.1) is 0 Å². The van der Waals surface area contributed by atoms with Gasteiger partial charge in [-0.05, 0) is 52.7 Å². The summed E-state index contributed by atoms with van der Waals surface area (Å²) in [5, 5.41) is 16.1. The number of aliphatic hydroxyl groups is 1. The zero-order valence-electron chi connectivity index (χ0n) is 15.1. The molecule has 1 aromatic carbocycles. The van der Waals surface area contributed by atoms with Crippen LogP contribution in [0.4, 0.5) is 4.79 Å². The van der Waals surface area contributed by atoms with Gasteiger partial charge in [-0.1, -0.05) is 24.3 Å². The zero-order valence-corrected chi connectivity index (χ0v) is 15.1. The average Bonchev–Trinajstić information content (AvgIpc) is 2.40. The standard InChI is InChI=1S/C18H30N2O3/c1-13(18(5,6)22)19-11-14-9-7-8-10-15(14)12-20-16(21)23-17(2,3)4/h7-10,13,19,22H,11-12H2,1-6H3,(H,20,21). The van der Waals surface area contributed by atoms with Gasteiger partial charge < -0.3 is 20.5 Å². The van der Waals surface area contributed by atoms with Gasteiger partial charge in [-0.3, -0.25) is 0 Å². The van der Waals surface area contributed by atoms with Gasteiger partial charge in [0.25, 0.3) is 0 Å². The summed E-state index contributed by atoms with van der Waals surface area (Å²) in [6.07, 6.45) is -0.426. The molecule has 0 bridgehead atoms. The molecule has 5 nitrogen and oxygen atoms in total. The summed E-state index contributed by atoms with van der Waals surface area (Å²) in [4.78, 5) is 11.8. The number of benzene rings is 1. The average molecular weight is 322 g/mol. The first-order valence-electron chi connectivity index (χ1n) is 7.98. The predicted molar refractivity (Wildman–Crippen MR) is 92.1 cm³/mol. The SMILES string of the molecule is CC(NCc1ccccc1CNC(=O)OC(C)(C)C)C(C)(C)O. The van der Waals surface area contributed by atoms with Crippen molar-refractivity contribution in [1.82, 2.24) is 10.6 Å². The highest BCUT2D eigenvalue weighted by atomic mass is 16.6. The Balaban J connectivity index is 2.62. The molecule has 0 heterocycles. The van der Waals surface area contributed by atoms with Crippen LogP contribution in [0.25, 0.3) is 0 Å². The van der Waals surface area contributed by atoms with Crippen LogP contribution in [-0.2, 0) is 17.8 Å². The van der Waals surface area contributed by atoms with Gasteiger partial charge in [0.15, 0.2) is 0 Å². The van der Waals surface area contributed by atoms with Crippen LogP contribution in [-0.4, -0.2) is 28.4 Å². The van der Waals surface area contributed by atoms with Gasteiger partial charge in [-0.15, -0.1) is 0 Å².